The van der Waals surface area contributed by atoms with Crippen LogP contribution in [0.1, 0.15) is 25.8 Å². The van der Waals surface area contributed by atoms with Gasteiger partial charge in [-0.1, -0.05) is 26.0 Å². The zero-order valence-electron chi connectivity index (χ0n) is 12.0. The summed E-state index contributed by atoms with van der Waals surface area (Å²) >= 11 is 0. The summed E-state index contributed by atoms with van der Waals surface area (Å²) in [5.74, 6) is -1.30. The number of amides is 2. The zero-order valence-corrected chi connectivity index (χ0v) is 12.0. The van der Waals surface area contributed by atoms with Gasteiger partial charge in [0.25, 0.3) is 0 Å². The van der Waals surface area contributed by atoms with Crippen molar-refractivity contribution in [2.45, 2.75) is 26.3 Å². The van der Waals surface area contributed by atoms with Crippen LogP contribution >= 0.6 is 0 Å². The van der Waals surface area contributed by atoms with E-state index in [1.807, 2.05) is 13.8 Å². The van der Waals surface area contributed by atoms with Crippen molar-refractivity contribution >= 4 is 18.1 Å². The van der Waals surface area contributed by atoms with Crippen LogP contribution in [-0.4, -0.2) is 23.1 Å². The lowest BCUT2D eigenvalue weighted by Gasteiger charge is -2.15. The fourth-order valence-corrected chi connectivity index (χ4v) is 1.72. The number of carbonyl (C=O) groups is 2. The molecule has 3 N–H and O–H groups in total. The van der Waals surface area contributed by atoms with E-state index in [2.05, 4.69) is 10.6 Å². The molecule has 0 saturated carbocycles. The maximum Gasteiger partial charge on any atom is 0.326 e. The number of urea groups is 1. The van der Waals surface area contributed by atoms with Gasteiger partial charge in [0.15, 0.2) is 0 Å². The monoisotopic (exact) mass is 294 g/mol. The summed E-state index contributed by atoms with van der Waals surface area (Å²) in [5, 5.41) is 13.8. The zero-order chi connectivity index (χ0) is 15.8. The number of carbonyl (C=O) groups excluding carboxylic acids is 1. The smallest absolute Gasteiger partial charge is 0.326 e. The number of rotatable bonds is 6. The van der Waals surface area contributed by atoms with Crippen LogP contribution in [0, 0.1) is 11.7 Å². The highest BCUT2D eigenvalue weighted by Gasteiger charge is 2.20. The standard InChI is InChI=1S/C15H19FN2O3/c1-10(2)8-13(14(19)20)18-15(21)17-7-6-11-4-3-5-12(16)9-11/h3-7,9-10,13H,8H2,1-2H3,(H,19,20)(H2,17,18,21)/b7-6+. The van der Waals surface area contributed by atoms with Crippen molar-refractivity contribution in [3.05, 3.63) is 41.8 Å². The van der Waals surface area contributed by atoms with E-state index in [-0.39, 0.29) is 11.7 Å². The molecule has 1 aromatic rings. The van der Waals surface area contributed by atoms with E-state index in [0.29, 0.717) is 12.0 Å². The molecule has 2 amide bonds. The topological polar surface area (TPSA) is 78.4 Å². The molecule has 1 unspecified atom stereocenters. The maximum atomic E-state index is 12.9. The van der Waals surface area contributed by atoms with Crippen molar-refractivity contribution in [1.82, 2.24) is 10.6 Å². The van der Waals surface area contributed by atoms with Crippen molar-refractivity contribution in [1.29, 1.82) is 0 Å². The van der Waals surface area contributed by atoms with Crippen molar-refractivity contribution < 1.29 is 19.1 Å². The van der Waals surface area contributed by atoms with Gasteiger partial charge in [0.2, 0.25) is 0 Å². The molecule has 114 valence electrons. The molecule has 1 rings (SSSR count). The van der Waals surface area contributed by atoms with Crippen molar-refractivity contribution in [2.75, 3.05) is 0 Å². The first-order chi connectivity index (χ1) is 9.88. The first kappa shape index (κ1) is 16.7. The Morgan fingerprint density at radius 3 is 2.67 bits per heavy atom. The third kappa shape index (κ3) is 6.56. The molecular formula is C15H19FN2O3. The molecule has 5 nitrogen and oxygen atoms in total. The molecule has 6 heteroatoms. The van der Waals surface area contributed by atoms with Crippen LogP contribution in [0.3, 0.4) is 0 Å². The van der Waals surface area contributed by atoms with Crippen molar-refractivity contribution in [2.24, 2.45) is 5.92 Å². The third-order valence-corrected chi connectivity index (χ3v) is 2.65. The first-order valence-corrected chi connectivity index (χ1v) is 6.60. The number of hydrogen-bond donors (Lipinski definition) is 3. The van der Waals surface area contributed by atoms with Crippen molar-refractivity contribution in [3.63, 3.8) is 0 Å². The number of nitrogens with one attached hydrogen (secondary N) is 2. The van der Waals surface area contributed by atoms with Crippen LogP contribution in [0.4, 0.5) is 9.18 Å². The van der Waals surface area contributed by atoms with Gasteiger partial charge in [-0.05, 0) is 36.1 Å². The van der Waals surface area contributed by atoms with Crippen LogP contribution in [0.25, 0.3) is 6.08 Å². The molecule has 0 aliphatic heterocycles. The fraction of sp³-hybridized carbons (Fsp3) is 0.333. The number of carboxylic acid groups (broad SMARTS) is 1. The molecule has 0 aliphatic rings. The predicted octanol–water partition coefficient (Wildman–Crippen LogP) is 2.59. The minimum Gasteiger partial charge on any atom is -0.480 e. The Kier molecular flexibility index (Phi) is 6.39. The quantitative estimate of drug-likeness (QED) is 0.754. The Morgan fingerprint density at radius 1 is 1.38 bits per heavy atom. The molecule has 0 radical (unpaired) electrons. The number of hydrogen-bond acceptors (Lipinski definition) is 2. The number of aliphatic carboxylic acids is 1. The highest BCUT2D eigenvalue weighted by atomic mass is 19.1. The van der Waals surface area contributed by atoms with Crippen LogP contribution < -0.4 is 10.6 Å². The molecule has 0 saturated heterocycles. The van der Waals surface area contributed by atoms with Gasteiger partial charge in [0.1, 0.15) is 11.9 Å². The van der Waals surface area contributed by atoms with Gasteiger partial charge < -0.3 is 15.7 Å². The average Bonchev–Trinajstić information content (AvgIpc) is 2.37. The molecule has 0 heterocycles. The van der Waals surface area contributed by atoms with Crippen LogP contribution in [-0.2, 0) is 4.79 Å². The van der Waals surface area contributed by atoms with Gasteiger partial charge in [-0.2, -0.15) is 0 Å². The highest BCUT2D eigenvalue weighted by Crippen LogP contribution is 2.06. The molecule has 0 spiro atoms. The van der Waals surface area contributed by atoms with E-state index >= 15 is 0 Å². The molecule has 0 aliphatic carbocycles. The van der Waals surface area contributed by atoms with E-state index in [4.69, 9.17) is 5.11 Å². The Hall–Kier alpha value is -2.37. The highest BCUT2D eigenvalue weighted by molar-refractivity contribution is 5.83. The lowest BCUT2D eigenvalue weighted by Crippen LogP contribution is -2.45. The van der Waals surface area contributed by atoms with Gasteiger partial charge in [0, 0.05) is 6.20 Å². The summed E-state index contributed by atoms with van der Waals surface area (Å²) in [7, 11) is 0. The van der Waals surface area contributed by atoms with Crippen LogP contribution in [0.5, 0.6) is 0 Å². The van der Waals surface area contributed by atoms with Crippen LogP contribution in [0.2, 0.25) is 0 Å². The molecular weight excluding hydrogens is 275 g/mol. The Bertz CT molecular complexity index is 529. The molecule has 0 fully saturated rings. The second-order valence-corrected chi connectivity index (χ2v) is 5.03. The lowest BCUT2D eigenvalue weighted by atomic mass is 10.0. The summed E-state index contributed by atoms with van der Waals surface area (Å²) in [4.78, 5) is 22.6. The third-order valence-electron chi connectivity index (χ3n) is 2.65. The number of halogens is 1. The van der Waals surface area contributed by atoms with Crippen molar-refractivity contribution in [3.8, 4) is 0 Å². The Balaban J connectivity index is 2.51. The van der Waals surface area contributed by atoms with E-state index in [1.165, 1.54) is 24.4 Å². The van der Waals surface area contributed by atoms with Gasteiger partial charge >= 0.3 is 12.0 Å². The molecule has 1 atom stereocenters. The first-order valence-electron chi connectivity index (χ1n) is 6.60. The second-order valence-electron chi connectivity index (χ2n) is 5.03. The second kappa shape index (κ2) is 8.04. The number of benzene rings is 1. The Morgan fingerprint density at radius 2 is 2.10 bits per heavy atom. The summed E-state index contributed by atoms with van der Waals surface area (Å²) in [6.07, 6.45) is 3.19. The van der Waals surface area contributed by atoms with Crippen LogP contribution in [0.15, 0.2) is 30.5 Å². The fourth-order valence-electron chi connectivity index (χ4n) is 1.72. The van der Waals surface area contributed by atoms with Gasteiger partial charge in [-0.15, -0.1) is 0 Å². The largest absolute Gasteiger partial charge is 0.480 e. The predicted molar refractivity (Wildman–Crippen MR) is 78.0 cm³/mol. The minimum absolute atomic E-state index is 0.147. The minimum atomic E-state index is -1.08. The van der Waals surface area contributed by atoms with E-state index in [9.17, 15) is 14.0 Å². The average molecular weight is 294 g/mol. The van der Waals surface area contributed by atoms with Gasteiger partial charge in [0.05, 0.1) is 0 Å². The van der Waals surface area contributed by atoms with Gasteiger partial charge in [-0.3, -0.25) is 0 Å². The van der Waals surface area contributed by atoms with E-state index < -0.39 is 18.0 Å². The Labute approximate surface area is 122 Å². The van der Waals surface area contributed by atoms with E-state index in [0.717, 1.165) is 0 Å². The summed E-state index contributed by atoms with van der Waals surface area (Å²) in [6.45, 7) is 3.75. The molecule has 21 heavy (non-hydrogen) atoms. The van der Waals surface area contributed by atoms with E-state index in [1.54, 1.807) is 12.1 Å². The molecule has 0 bridgehead atoms. The summed E-state index contributed by atoms with van der Waals surface area (Å²) in [5.41, 5.74) is 0.590. The van der Waals surface area contributed by atoms with Gasteiger partial charge in [-0.25, -0.2) is 14.0 Å². The number of carboxylic acids is 1. The normalized spacial score (nSPS) is 12.4. The summed E-state index contributed by atoms with van der Waals surface area (Å²) in [6, 6.07) is 4.31. The summed E-state index contributed by atoms with van der Waals surface area (Å²) < 4.78 is 12.9. The molecule has 1 aromatic carbocycles. The lowest BCUT2D eigenvalue weighted by molar-refractivity contribution is -0.139. The molecule has 0 aromatic heterocycles. The SMILES string of the molecule is CC(C)CC(NC(=O)N/C=C/c1cccc(F)c1)C(=O)O. The maximum absolute atomic E-state index is 12.9.